The molecule has 1 heterocycles. The van der Waals surface area contributed by atoms with Crippen LogP contribution in [0.3, 0.4) is 0 Å². The predicted molar refractivity (Wildman–Crippen MR) is 369 cm³/mol. The Labute approximate surface area is 530 Å². The zero-order valence-electron chi connectivity index (χ0n) is 54.8. The Kier molecular flexibility index (Phi) is 18.1. The first-order valence-electron chi connectivity index (χ1n) is 31.0. The van der Waals surface area contributed by atoms with Crippen molar-refractivity contribution in [1.82, 2.24) is 15.0 Å². The first kappa shape index (κ1) is 63.7. The molecule has 0 aliphatic heterocycles. The fourth-order valence-corrected chi connectivity index (χ4v) is 12.6. The number of aromatic nitrogens is 3. The van der Waals surface area contributed by atoms with Crippen molar-refractivity contribution in [2.45, 2.75) is 188 Å². The zero-order valence-corrected chi connectivity index (χ0v) is 57.0. The van der Waals surface area contributed by atoms with E-state index in [1.807, 2.05) is 4.68 Å². The second-order valence-electron chi connectivity index (χ2n) is 30.1. The molecule has 0 saturated carbocycles. The van der Waals surface area contributed by atoms with Crippen LogP contribution >= 0.6 is 22.6 Å². The molecule has 5 nitrogen and oxygen atoms in total. The molecular formula is C80H94IN3O2. The van der Waals surface area contributed by atoms with Crippen LogP contribution in [0.1, 0.15) is 215 Å². The van der Waals surface area contributed by atoms with Crippen molar-refractivity contribution >= 4 is 22.6 Å². The molecule has 0 atom stereocenters. The lowest BCUT2D eigenvalue weighted by Crippen LogP contribution is -2.31. The van der Waals surface area contributed by atoms with E-state index in [0.717, 1.165) is 32.9 Å². The van der Waals surface area contributed by atoms with Gasteiger partial charge in [0.25, 0.3) is 0 Å². The molecule has 0 unspecified atom stereocenters. The largest absolute Gasteiger partial charge is 0.494 e. The number of hydrogen-bond donors (Lipinski definition) is 0. The number of rotatable bonds is 16. The SMILES string of the molecule is CC(C)(C)c1ccc(C(c2ccc(OCCCn3nnc(COc4ccc(C(c5ccc(C(C)(C)C)cc5)(c5ccc(C(C)(C)C)cc5)c5ccc(C(C)(C)C)cc5)cc4)c3I)cc2)(c2ccc(C(C)(C)C)cc2)c2ccc(C(C)(C)C)cc2)cc1. The highest BCUT2D eigenvalue weighted by Gasteiger charge is 2.41. The smallest absolute Gasteiger partial charge is 0.135 e. The maximum Gasteiger partial charge on any atom is 0.135 e. The quantitative estimate of drug-likeness (QED) is 0.0550. The number of hydrogen-bond acceptors (Lipinski definition) is 4. The van der Waals surface area contributed by atoms with E-state index in [1.165, 1.54) is 72.3 Å². The van der Waals surface area contributed by atoms with E-state index >= 15 is 0 Å². The summed E-state index contributed by atoms with van der Waals surface area (Å²) in [6.45, 7) is 42.5. The molecule has 0 N–H and O–H groups in total. The molecular weight excluding hydrogens is 1160 g/mol. The fourth-order valence-electron chi connectivity index (χ4n) is 12.0. The molecule has 6 heteroatoms. The second kappa shape index (κ2) is 24.4. The molecule has 9 rings (SSSR count). The first-order chi connectivity index (χ1) is 40.3. The molecule has 1 aromatic heterocycles. The van der Waals surface area contributed by atoms with Gasteiger partial charge in [-0.25, -0.2) is 4.68 Å². The highest BCUT2D eigenvalue weighted by molar-refractivity contribution is 14.1. The molecule has 448 valence electrons. The van der Waals surface area contributed by atoms with Crippen LogP contribution in [0.2, 0.25) is 0 Å². The molecule has 0 fully saturated rings. The van der Waals surface area contributed by atoms with Gasteiger partial charge in [-0.2, -0.15) is 0 Å². The van der Waals surface area contributed by atoms with Gasteiger partial charge >= 0.3 is 0 Å². The van der Waals surface area contributed by atoms with E-state index in [9.17, 15) is 0 Å². The third-order valence-corrected chi connectivity index (χ3v) is 18.8. The Bertz CT molecular complexity index is 3400. The van der Waals surface area contributed by atoms with Crippen LogP contribution < -0.4 is 9.47 Å². The van der Waals surface area contributed by atoms with Gasteiger partial charge in [0.1, 0.15) is 27.5 Å². The number of nitrogens with zero attached hydrogens (tertiary/aromatic N) is 3. The topological polar surface area (TPSA) is 49.2 Å². The Morgan fingerprint density at radius 3 is 0.744 bits per heavy atom. The summed E-state index contributed by atoms with van der Waals surface area (Å²) in [7, 11) is 0. The molecule has 0 bridgehead atoms. The summed E-state index contributed by atoms with van der Waals surface area (Å²) in [5.74, 6) is 1.60. The third-order valence-electron chi connectivity index (χ3n) is 17.6. The molecule has 0 amide bonds. The lowest BCUT2D eigenvalue weighted by Gasteiger charge is -2.38. The zero-order chi connectivity index (χ0) is 62.3. The van der Waals surface area contributed by atoms with Crippen molar-refractivity contribution in [3.05, 3.63) is 281 Å². The van der Waals surface area contributed by atoms with E-state index in [4.69, 9.17) is 9.47 Å². The van der Waals surface area contributed by atoms with Gasteiger partial charge in [-0.05, 0) is 157 Å². The fraction of sp³-hybridized carbons (Fsp3) is 0.375. The highest BCUT2D eigenvalue weighted by atomic mass is 127. The van der Waals surface area contributed by atoms with Gasteiger partial charge in [0.2, 0.25) is 0 Å². The van der Waals surface area contributed by atoms with Crippen LogP contribution in [0.25, 0.3) is 0 Å². The van der Waals surface area contributed by atoms with Crippen molar-refractivity contribution < 1.29 is 9.47 Å². The summed E-state index contributed by atoms with van der Waals surface area (Å²) >= 11 is 2.36. The molecule has 0 radical (unpaired) electrons. The number of aryl methyl sites for hydroxylation is 1. The van der Waals surface area contributed by atoms with E-state index in [1.54, 1.807) is 0 Å². The van der Waals surface area contributed by atoms with E-state index in [0.29, 0.717) is 19.8 Å². The van der Waals surface area contributed by atoms with Gasteiger partial charge in [-0.15, -0.1) is 5.10 Å². The van der Waals surface area contributed by atoms with Crippen molar-refractivity contribution in [2.24, 2.45) is 0 Å². The third kappa shape index (κ3) is 13.5. The molecule has 8 aromatic carbocycles. The summed E-state index contributed by atoms with van der Waals surface area (Å²) < 4.78 is 16.0. The molecule has 0 aliphatic rings. The lowest BCUT2D eigenvalue weighted by molar-refractivity contribution is 0.296. The van der Waals surface area contributed by atoms with Crippen molar-refractivity contribution in [1.29, 1.82) is 0 Å². The molecule has 0 aliphatic carbocycles. The van der Waals surface area contributed by atoms with Crippen molar-refractivity contribution in [3.8, 4) is 11.5 Å². The van der Waals surface area contributed by atoms with Crippen LogP contribution in [0.15, 0.2) is 194 Å². The van der Waals surface area contributed by atoms with Crippen molar-refractivity contribution in [3.63, 3.8) is 0 Å². The Morgan fingerprint density at radius 2 is 0.512 bits per heavy atom. The van der Waals surface area contributed by atoms with E-state index in [2.05, 4.69) is 352 Å². The van der Waals surface area contributed by atoms with E-state index < -0.39 is 10.8 Å². The number of halogens is 1. The minimum atomic E-state index is -0.614. The normalized spacial score (nSPS) is 13.0. The summed E-state index contributed by atoms with van der Waals surface area (Å²) in [6.07, 6.45) is 0.756. The van der Waals surface area contributed by atoms with Gasteiger partial charge < -0.3 is 9.47 Å². The monoisotopic (exact) mass is 1260 g/mol. The lowest BCUT2D eigenvalue weighted by atomic mass is 9.64. The number of benzene rings is 8. The van der Waals surface area contributed by atoms with Crippen LogP contribution in [0.4, 0.5) is 0 Å². The van der Waals surface area contributed by atoms with Gasteiger partial charge in [0.15, 0.2) is 0 Å². The Morgan fingerprint density at radius 1 is 0.302 bits per heavy atom. The average molecular weight is 1260 g/mol. The second-order valence-corrected chi connectivity index (χ2v) is 31.1. The molecule has 86 heavy (non-hydrogen) atoms. The highest BCUT2D eigenvalue weighted by Crippen LogP contribution is 2.49. The van der Waals surface area contributed by atoms with Crippen LogP contribution in [-0.2, 0) is 56.5 Å². The van der Waals surface area contributed by atoms with Crippen LogP contribution in [-0.4, -0.2) is 21.6 Å². The summed E-state index contributed by atoms with van der Waals surface area (Å²) in [4.78, 5) is 0. The average Bonchev–Trinajstić information content (AvgIpc) is 0.850. The maximum atomic E-state index is 6.54. The standard InChI is InChI=1S/C80H94IN3O2/c1-73(2,3)55-20-32-61(33-21-55)79(62-34-22-56(23-35-62)74(4,5)6,63-36-24-57(25-37-63)75(7,8)9)67-44-48-69(49-45-67)85-53-19-52-84-72(81)71(82-83-84)54-86-70-50-46-68(47-51-70)80(64-38-26-58(27-39-64)76(10,11)12,65-40-28-59(29-41-65)77(13,14)15)66-42-30-60(31-43-66)78(16,17)18/h20-51H,19,52-54H2,1-18H3. The van der Waals surface area contributed by atoms with Crippen LogP contribution in [0, 0.1) is 3.70 Å². The first-order valence-corrected chi connectivity index (χ1v) is 32.1. The predicted octanol–water partition coefficient (Wildman–Crippen LogP) is 20.5. The molecule has 9 aromatic rings. The Balaban J connectivity index is 0.938. The van der Waals surface area contributed by atoms with Gasteiger partial charge in [0, 0.05) is 13.0 Å². The molecule has 0 spiro atoms. The van der Waals surface area contributed by atoms with Crippen LogP contribution in [0.5, 0.6) is 11.5 Å². The van der Waals surface area contributed by atoms with Crippen molar-refractivity contribution in [2.75, 3.05) is 6.61 Å². The summed E-state index contributed by atoms with van der Waals surface area (Å²) in [5, 5.41) is 9.20. The summed E-state index contributed by atoms with van der Waals surface area (Å²) in [6, 6.07) is 73.5. The number of ether oxygens (including phenoxy) is 2. The maximum absolute atomic E-state index is 6.54. The minimum absolute atomic E-state index is 0.0212. The van der Waals surface area contributed by atoms with Gasteiger partial charge in [0.05, 0.1) is 17.4 Å². The Hall–Kier alpha value is -6.77. The minimum Gasteiger partial charge on any atom is -0.494 e. The van der Waals surface area contributed by atoms with Gasteiger partial charge in [-0.1, -0.05) is 300 Å². The molecule has 0 saturated heterocycles. The van der Waals surface area contributed by atoms with Gasteiger partial charge in [-0.3, -0.25) is 0 Å². The summed E-state index contributed by atoms with van der Waals surface area (Å²) in [5.41, 5.74) is 17.2. The van der Waals surface area contributed by atoms with E-state index in [-0.39, 0.29) is 32.5 Å².